The molecule has 1 aliphatic heterocycles. The molecule has 1 fully saturated rings. The van der Waals surface area contributed by atoms with E-state index in [1.165, 1.54) is 31.1 Å². The maximum Gasteiger partial charge on any atom is 0.407 e. The van der Waals surface area contributed by atoms with Crippen LogP contribution in [0.15, 0.2) is 60.7 Å². The molecule has 1 heterocycles. The van der Waals surface area contributed by atoms with Crippen molar-refractivity contribution in [3.8, 4) is 11.1 Å². The summed E-state index contributed by atoms with van der Waals surface area (Å²) in [5, 5.41) is 12.2. The number of carboxylic acids is 1. The first-order valence-corrected chi connectivity index (χ1v) is 11.2. The van der Waals surface area contributed by atoms with Crippen LogP contribution in [0.4, 0.5) is 4.79 Å². The molecule has 178 valence electrons. The summed E-state index contributed by atoms with van der Waals surface area (Å²) in [6.45, 7) is 1.98. The van der Waals surface area contributed by atoms with Crippen molar-refractivity contribution in [1.82, 2.24) is 10.2 Å². The van der Waals surface area contributed by atoms with Crippen molar-refractivity contribution in [2.45, 2.75) is 30.9 Å². The number of fused-ring (bicyclic) bond motifs is 3. The van der Waals surface area contributed by atoms with Crippen molar-refractivity contribution in [2.24, 2.45) is 0 Å². The van der Waals surface area contributed by atoms with Gasteiger partial charge in [0.25, 0.3) is 0 Å². The predicted molar refractivity (Wildman–Crippen MR) is 125 cm³/mol. The van der Waals surface area contributed by atoms with Crippen LogP contribution in [0.5, 0.6) is 0 Å². The van der Waals surface area contributed by atoms with Gasteiger partial charge in [0, 0.05) is 38.6 Å². The molecule has 2 atom stereocenters. The van der Waals surface area contributed by atoms with E-state index in [2.05, 4.69) is 17.4 Å². The lowest BCUT2D eigenvalue weighted by Gasteiger charge is -2.29. The number of likely N-dealkylation sites (tertiary alicyclic amines) is 1. The molecule has 8 heteroatoms. The van der Waals surface area contributed by atoms with Crippen molar-refractivity contribution >= 4 is 18.0 Å². The molecule has 2 unspecified atom stereocenters. The van der Waals surface area contributed by atoms with Crippen molar-refractivity contribution in [1.29, 1.82) is 0 Å². The summed E-state index contributed by atoms with van der Waals surface area (Å²) < 4.78 is 10.7. The highest BCUT2D eigenvalue weighted by atomic mass is 16.5. The number of rotatable bonds is 7. The number of carbonyl (C=O) groups excluding carboxylic acids is 2. The van der Waals surface area contributed by atoms with E-state index in [1.807, 2.05) is 36.4 Å². The number of methoxy groups -OCH3 is 1. The summed E-state index contributed by atoms with van der Waals surface area (Å²) >= 11 is 0. The Bertz CT molecular complexity index is 1080. The van der Waals surface area contributed by atoms with E-state index >= 15 is 0 Å². The van der Waals surface area contributed by atoms with Crippen LogP contribution in [-0.2, 0) is 19.1 Å². The predicted octanol–water partition coefficient (Wildman–Crippen LogP) is 3.17. The topological polar surface area (TPSA) is 105 Å². The Balaban J connectivity index is 1.30. The number of amides is 2. The fourth-order valence-electron chi connectivity index (χ4n) is 4.76. The molecule has 4 rings (SSSR count). The lowest BCUT2D eigenvalue weighted by atomic mass is 9.98. The van der Waals surface area contributed by atoms with Crippen LogP contribution < -0.4 is 5.32 Å². The van der Waals surface area contributed by atoms with Gasteiger partial charge in [-0.15, -0.1) is 0 Å². The molecule has 2 aromatic carbocycles. The summed E-state index contributed by atoms with van der Waals surface area (Å²) in [4.78, 5) is 37.8. The lowest BCUT2D eigenvalue weighted by Crippen LogP contribution is -2.50. The van der Waals surface area contributed by atoms with Gasteiger partial charge in [-0.05, 0) is 29.2 Å². The maximum absolute atomic E-state index is 12.6. The molecule has 0 saturated carbocycles. The van der Waals surface area contributed by atoms with Crippen LogP contribution in [0.1, 0.15) is 30.4 Å². The molecular weight excluding hydrogens is 436 g/mol. The first-order valence-electron chi connectivity index (χ1n) is 11.2. The Morgan fingerprint density at radius 1 is 1.12 bits per heavy atom. The molecule has 2 amide bonds. The smallest absolute Gasteiger partial charge is 0.407 e. The maximum atomic E-state index is 12.6. The number of carbonyl (C=O) groups is 3. The van der Waals surface area contributed by atoms with Gasteiger partial charge in [0.15, 0.2) is 0 Å². The standard InChI is InChI=1S/C26H28N2O6/c1-26(24(30)31)14-17(33-2)15-28(26)23(29)12-7-13-27-25(32)34-16-22-20-10-5-3-8-18(20)19-9-4-6-11-21(19)22/h3-12,17,22H,13-16H2,1-2H3,(H,27,32)(H,30,31)/b12-7+. The molecule has 2 N–H and O–H groups in total. The number of nitrogens with zero attached hydrogens (tertiary/aromatic N) is 1. The zero-order valence-corrected chi connectivity index (χ0v) is 19.2. The second-order valence-electron chi connectivity index (χ2n) is 8.70. The first kappa shape index (κ1) is 23.5. The lowest BCUT2D eigenvalue weighted by molar-refractivity contribution is -0.153. The number of aliphatic carboxylic acids is 1. The fourth-order valence-corrected chi connectivity index (χ4v) is 4.76. The minimum Gasteiger partial charge on any atom is -0.480 e. The highest BCUT2D eigenvalue weighted by Gasteiger charge is 2.49. The zero-order chi connectivity index (χ0) is 24.3. The zero-order valence-electron chi connectivity index (χ0n) is 19.2. The van der Waals surface area contributed by atoms with Crippen LogP contribution in [0.3, 0.4) is 0 Å². The number of hydrogen-bond acceptors (Lipinski definition) is 5. The number of carboxylic acid groups (broad SMARTS) is 1. The second-order valence-corrected chi connectivity index (χ2v) is 8.70. The van der Waals surface area contributed by atoms with Gasteiger partial charge in [-0.25, -0.2) is 9.59 Å². The van der Waals surface area contributed by atoms with Crippen LogP contribution in [0.25, 0.3) is 11.1 Å². The molecule has 34 heavy (non-hydrogen) atoms. The first-order chi connectivity index (χ1) is 16.3. The molecule has 8 nitrogen and oxygen atoms in total. The summed E-state index contributed by atoms with van der Waals surface area (Å²) in [7, 11) is 1.50. The highest BCUT2D eigenvalue weighted by molar-refractivity contribution is 5.93. The molecule has 1 saturated heterocycles. The van der Waals surface area contributed by atoms with E-state index < -0.39 is 23.5 Å². The monoisotopic (exact) mass is 464 g/mol. The minimum atomic E-state index is -1.33. The average molecular weight is 465 g/mol. The fraction of sp³-hybridized carbons (Fsp3) is 0.346. The van der Waals surface area contributed by atoms with Crippen LogP contribution >= 0.6 is 0 Å². The highest BCUT2D eigenvalue weighted by Crippen LogP contribution is 2.44. The Morgan fingerprint density at radius 2 is 1.74 bits per heavy atom. The quantitative estimate of drug-likeness (QED) is 0.610. The van der Waals surface area contributed by atoms with Crippen molar-refractivity contribution in [2.75, 3.05) is 26.8 Å². The number of hydrogen-bond donors (Lipinski definition) is 2. The third-order valence-electron chi connectivity index (χ3n) is 6.64. The van der Waals surface area contributed by atoms with Gasteiger partial charge >= 0.3 is 12.1 Å². The minimum absolute atomic E-state index is 0.0344. The van der Waals surface area contributed by atoms with Gasteiger partial charge in [-0.2, -0.15) is 0 Å². The normalized spacial score (nSPS) is 21.4. The summed E-state index contributed by atoms with van der Waals surface area (Å²) in [5.41, 5.74) is 3.23. The van der Waals surface area contributed by atoms with Gasteiger partial charge in [0.05, 0.1) is 6.10 Å². The van der Waals surface area contributed by atoms with E-state index in [9.17, 15) is 19.5 Å². The third kappa shape index (κ3) is 4.41. The van der Waals surface area contributed by atoms with E-state index in [-0.39, 0.29) is 38.1 Å². The molecule has 2 aromatic rings. The second kappa shape index (κ2) is 9.69. The molecule has 2 aliphatic rings. The Labute approximate surface area is 198 Å². The number of alkyl carbamates (subject to hydrolysis) is 1. The van der Waals surface area contributed by atoms with Gasteiger partial charge in [0.1, 0.15) is 12.1 Å². The van der Waals surface area contributed by atoms with Crippen molar-refractivity contribution in [3.63, 3.8) is 0 Å². The van der Waals surface area contributed by atoms with Gasteiger partial charge in [-0.3, -0.25) is 4.79 Å². The largest absolute Gasteiger partial charge is 0.480 e. The Kier molecular flexibility index (Phi) is 6.70. The molecular formula is C26H28N2O6. The van der Waals surface area contributed by atoms with Gasteiger partial charge in [0.2, 0.25) is 5.91 Å². The summed E-state index contributed by atoms with van der Waals surface area (Å²) in [6.07, 6.45) is 2.04. The van der Waals surface area contributed by atoms with Crippen LogP contribution in [0, 0.1) is 0 Å². The van der Waals surface area contributed by atoms with Crippen molar-refractivity contribution < 1.29 is 29.0 Å². The molecule has 0 aromatic heterocycles. The van der Waals surface area contributed by atoms with E-state index in [0.29, 0.717) is 0 Å². The molecule has 1 aliphatic carbocycles. The van der Waals surface area contributed by atoms with E-state index in [4.69, 9.17) is 9.47 Å². The number of ether oxygens (including phenoxy) is 2. The van der Waals surface area contributed by atoms with Crippen LogP contribution in [0.2, 0.25) is 0 Å². The SMILES string of the molecule is COC1CN(C(=O)/C=C/CNC(=O)OCC2c3ccccc3-c3ccccc32)C(C)(C(=O)O)C1. The number of nitrogens with one attached hydrogen (secondary N) is 1. The van der Waals surface area contributed by atoms with E-state index in [1.54, 1.807) is 0 Å². The molecule has 0 bridgehead atoms. The van der Waals surface area contributed by atoms with Crippen LogP contribution in [-0.4, -0.2) is 66.4 Å². The summed E-state index contributed by atoms with van der Waals surface area (Å²) in [6, 6.07) is 16.2. The summed E-state index contributed by atoms with van der Waals surface area (Å²) in [5.74, 6) is -1.56. The Morgan fingerprint density at radius 3 is 2.32 bits per heavy atom. The molecule has 0 radical (unpaired) electrons. The third-order valence-corrected chi connectivity index (χ3v) is 6.64. The van der Waals surface area contributed by atoms with Crippen molar-refractivity contribution in [3.05, 3.63) is 71.8 Å². The Hall–Kier alpha value is -3.65. The molecule has 0 spiro atoms. The average Bonchev–Trinajstić information content (AvgIpc) is 3.36. The van der Waals surface area contributed by atoms with E-state index in [0.717, 1.165) is 22.3 Å². The number of benzene rings is 2. The van der Waals surface area contributed by atoms with Gasteiger partial charge < -0.3 is 24.8 Å². The van der Waals surface area contributed by atoms with Gasteiger partial charge in [-0.1, -0.05) is 54.6 Å².